The van der Waals surface area contributed by atoms with Crippen LogP contribution in [0.1, 0.15) is 24.8 Å². The molecule has 0 spiro atoms. The fourth-order valence-electron chi connectivity index (χ4n) is 2.20. The average Bonchev–Trinajstić information content (AvgIpc) is 2.47. The van der Waals surface area contributed by atoms with Gasteiger partial charge in [0.05, 0.1) is 22.6 Å². The van der Waals surface area contributed by atoms with E-state index in [1.807, 2.05) is 6.07 Å². The Morgan fingerprint density at radius 3 is 2.53 bits per heavy atom. The van der Waals surface area contributed by atoms with Crippen LogP contribution in [-0.2, 0) is 14.8 Å². The minimum absolute atomic E-state index is 0.125. The molecule has 1 aliphatic heterocycles. The highest BCUT2D eigenvalue weighted by atomic mass is 32.2. The molecule has 1 heterocycles. The van der Waals surface area contributed by atoms with Gasteiger partial charge >= 0.3 is 0 Å². The SMILES string of the molecule is N#Cc1ccc(S(=O)(=O)N2CCCCC2C=O)cc1. The lowest BCUT2D eigenvalue weighted by atomic mass is 10.1. The van der Waals surface area contributed by atoms with Gasteiger partial charge in [0.15, 0.2) is 0 Å². The zero-order chi connectivity index (χ0) is 13.9. The third kappa shape index (κ3) is 2.67. The van der Waals surface area contributed by atoms with Crippen LogP contribution in [-0.4, -0.2) is 31.6 Å². The number of hydrogen-bond donors (Lipinski definition) is 0. The van der Waals surface area contributed by atoms with E-state index in [2.05, 4.69) is 0 Å². The second-order valence-corrected chi connectivity index (χ2v) is 6.34. The maximum atomic E-state index is 12.4. The third-order valence-electron chi connectivity index (χ3n) is 3.25. The highest BCUT2D eigenvalue weighted by Gasteiger charge is 2.33. The molecule has 1 unspecified atom stereocenters. The van der Waals surface area contributed by atoms with E-state index < -0.39 is 16.1 Å². The van der Waals surface area contributed by atoms with Crippen molar-refractivity contribution in [2.75, 3.05) is 6.54 Å². The number of sulfonamides is 1. The van der Waals surface area contributed by atoms with E-state index in [9.17, 15) is 13.2 Å². The summed E-state index contributed by atoms with van der Waals surface area (Å²) in [6.07, 6.45) is 2.89. The summed E-state index contributed by atoms with van der Waals surface area (Å²) >= 11 is 0. The number of hydrogen-bond acceptors (Lipinski definition) is 4. The molecule has 19 heavy (non-hydrogen) atoms. The van der Waals surface area contributed by atoms with Gasteiger partial charge in [0, 0.05) is 6.54 Å². The molecule has 1 fully saturated rings. The van der Waals surface area contributed by atoms with Crippen molar-refractivity contribution in [2.24, 2.45) is 0 Å². The maximum Gasteiger partial charge on any atom is 0.243 e. The molecule has 1 atom stereocenters. The van der Waals surface area contributed by atoms with Gasteiger partial charge in [-0.15, -0.1) is 0 Å². The summed E-state index contributed by atoms with van der Waals surface area (Å²) in [5.41, 5.74) is 0.407. The zero-order valence-electron chi connectivity index (χ0n) is 10.3. The molecule has 1 aliphatic rings. The Labute approximate surface area is 112 Å². The molecular weight excluding hydrogens is 264 g/mol. The third-order valence-corrected chi connectivity index (χ3v) is 5.18. The van der Waals surface area contributed by atoms with Crippen molar-refractivity contribution in [1.82, 2.24) is 4.31 Å². The highest BCUT2D eigenvalue weighted by Crippen LogP contribution is 2.24. The maximum absolute atomic E-state index is 12.4. The van der Waals surface area contributed by atoms with Crippen molar-refractivity contribution in [3.8, 4) is 6.07 Å². The first-order chi connectivity index (χ1) is 9.09. The van der Waals surface area contributed by atoms with E-state index in [0.717, 1.165) is 12.8 Å². The lowest BCUT2D eigenvalue weighted by Crippen LogP contribution is -2.44. The fourth-order valence-corrected chi connectivity index (χ4v) is 3.83. The van der Waals surface area contributed by atoms with Crippen LogP contribution in [0.5, 0.6) is 0 Å². The summed E-state index contributed by atoms with van der Waals surface area (Å²) in [5.74, 6) is 0. The van der Waals surface area contributed by atoms with Gasteiger partial charge in [-0.1, -0.05) is 6.42 Å². The van der Waals surface area contributed by atoms with Crippen molar-refractivity contribution in [3.05, 3.63) is 29.8 Å². The molecule has 5 nitrogen and oxygen atoms in total. The molecule has 0 amide bonds. The molecule has 0 aliphatic carbocycles. The van der Waals surface area contributed by atoms with Gasteiger partial charge in [-0.2, -0.15) is 9.57 Å². The first-order valence-electron chi connectivity index (χ1n) is 6.07. The Morgan fingerprint density at radius 2 is 1.95 bits per heavy atom. The van der Waals surface area contributed by atoms with Crippen molar-refractivity contribution in [3.63, 3.8) is 0 Å². The summed E-state index contributed by atoms with van der Waals surface area (Å²) < 4.78 is 26.1. The largest absolute Gasteiger partial charge is 0.302 e. The predicted octanol–water partition coefficient (Wildman–Crippen LogP) is 1.30. The number of aldehydes is 1. The number of carbonyl (C=O) groups excluding carboxylic acids is 1. The smallest absolute Gasteiger partial charge is 0.243 e. The molecule has 1 aromatic rings. The quantitative estimate of drug-likeness (QED) is 0.781. The summed E-state index contributed by atoms with van der Waals surface area (Å²) in [4.78, 5) is 11.1. The number of carbonyl (C=O) groups is 1. The number of piperidine rings is 1. The van der Waals surface area contributed by atoms with Crippen LogP contribution < -0.4 is 0 Å². The lowest BCUT2D eigenvalue weighted by Gasteiger charge is -2.31. The molecule has 0 N–H and O–H groups in total. The number of benzene rings is 1. The Kier molecular flexibility index (Phi) is 3.98. The molecule has 0 aromatic heterocycles. The molecule has 0 saturated carbocycles. The molecule has 2 rings (SSSR count). The lowest BCUT2D eigenvalue weighted by molar-refractivity contribution is -0.111. The van der Waals surface area contributed by atoms with E-state index >= 15 is 0 Å². The van der Waals surface area contributed by atoms with E-state index in [4.69, 9.17) is 5.26 Å². The Morgan fingerprint density at radius 1 is 1.26 bits per heavy atom. The molecular formula is C13H14N2O3S. The van der Waals surface area contributed by atoms with Crippen LogP contribution in [0.15, 0.2) is 29.2 Å². The normalized spacial score (nSPS) is 20.7. The Bertz CT molecular complexity index is 602. The van der Waals surface area contributed by atoms with Gasteiger partial charge in [-0.3, -0.25) is 0 Å². The first-order valence-corrected chi connectivity index (χ1v) is 7.51. The summed E-state index contributed by atoms with van der Waals surface area (Å²) in [7, 11) is -3.66. The minimum atomic E-state index is -3.66. The van der Waals surface area contributed by atoms with Crippen molar-refractivity contribution in [2.45, 2.75) is 30.2 Å². The topological polar surface area (TPSA) is 78.2 Å². The first kappa shape index (κ1) is 13.7. The van der Waals surface area contributed by atoms with Gasteiger partial charge in [0.2, 0.25) is 10.0 Å². The van der Waals surface area contributed by atoms with Gasteiger partial charge < -0.3 is 4.79 Å². The molecule has 1 aromatic carbocycles. The number of nitriles is 1. The van der Waals surface area contributed by atoms with E-state index in [1.54, 1.807) is 0 Å². The van der Waals surface area contributed by atoms with E-state index in [1.165, 1.54) is 28.6 Å². The second-order valence-electron chi connectivity index (χ2n) is 4.45. The van der Waals surface area contributed by atoms with E-state index in [0.29, 0.717) is 24.8 Å². The van der Waals surface area contributed by atoms with Gasteiger partial charge in [0.1, 0.15) is 6.29 Å². The van der Waals surface area contributed by atoms with Crippen LogP contribution in [0, 0.1) is 11.3 Å². The molecule has 6 heteroatoms. The van der Waals surface area contributed by atoms with Crippen molar-refractivity contribution in [1.29, 1.82) is 5.26 Å². The monoisotopic (exact) mass is 278 g/mol. The molecule has 0 radical (unpaired) electrons. The second kappa shape index (κ2) is 5.51. The van der Waals surface area contributed by atoms with Crippen LogP contribution in [0.4, 0.5) is 0 Å². The standard InChI is InChI=1S/C13H14N2O3S/c14-9-11-4-6-13(7-5-11)19(17,18)15-8-2-1-3-12(15)10-16/h4-7,10,12H,1-3,8H2. The predicted molar refractivity (Wildman–Crippen MR) is 68.8 cm³/mol. The highest BCUT2D eigenvalue weighted by molar-refractivity contribution is 7.89. The van der Waals surface area contributed by atoms with Crippen LogP contribution in [0.3, 0.4) is 0 Å². The number of rotatable bonds is 3. The van der Waals surface area contributed by atoms with Crippen molar-refractivity contribution < 1.29 is 13.2 Å². The van der Waals surface area contributed by atoms with Crippen LogP contribution >= 0.6 is 0 Å². The van der Waals surface area contributed by atoms with Gasteiger partial charge in [0.25, 0.3) is 0 Å². The average molecular weight is 278 g/mol. The zero-order valence-corrected chi connectivity index (χ0v) is 11.1. The summed E-state index contributed by atoms with van der Waals surface area (Å²) in [6, 6.07) is 7.11. The Balaban J connectivity index is 2.35. The summed E-state index contributed by atoms with van der Waals surface area (Å²) in [5, 5.41) is 8.70. The van der Waals surface area contributed by atoms with Gasteiger partial charge in [-0.05, 0) is 37.1 Å². The van der Waals surface area contributed by atoms with E-state index in [-0.39, 0.29) is 4.90 Å². The van der Waals surface area contributed by atoms with Crippen molar-refractivity contribution >= 4 is 16.3 Å². The number of nitrogens with zero attached hydrogens (tertiary/aromatic N) is 2. The molecule has 1 saturated heterocycles. The van der Waals surface area contributed by atoms with Crippen LogP contribution in [0.25, 0.3) is 0 Å². The molecule has 100 valence electrons. The Hall–Kier alpha value is -1.71. The van der Waals surface area contributed by atoms with Gasteiger partial charge in [-0.25, -0.2) is 8.42 Å². The molecule has 0 bridgehead atoms. The fraction of sp³-hybridized carbons (Fsp3) is 0.385. The van der Waals surface area contributed by atoms with Crippen LogP contribution in [0.2, 0.25) is 0 Å². The summed E-state index contributed by atoms with van der Waals surface area (Å²) in [6.45, 7) is 0.367. The minimum Gasteiger partial charge on any atom is -0.302 e.